The Morgan fingerprint density at radius 1 is 0.696 bits per heavy atom. The molecule has 1 saturated carbocycles. The van der Waals surface area contributed by atoms with E-state index in [1.807, 2.05) is 12.1 Å². The van der Waals surface area contributed by atoms with Gasteiger partial charge in [0, 0.05) is 0 Å². The first-order chi connectivity index (χ1) is 11.2. The average Bonchev–Trinajstić information content (AvgIpc) is 3.03. The van der Waals surface area contributed by atoms with Crippen LogP contribution in [0.5, 0.6) is 0 Å². The van der Waals surface area contributed by atoms with Crippen LogP contribution >= 0.6 is 0 Å². The Kier molecular flexibility index (Phi) is 4.71. The van der Waals surface area contributed by atoms with Crippen LogP contribution in [0.4, 0.5) is 0 Å². The summed E-state index contributed by atoms with van der Waals surface area (Å²) < 4.78 is 11.1. The minimum atomic E-state index is -0.379. The highest BCUT2D eigenvalue weighted by Crippen LogP contribution is 2.26. The summed E-state index contributed by atoms with van der Waals surface area (Å²) in [4.78, 5) is 24.3. The normalized spacial score (nSPS) is 20.0. The maximum atomic E-state index is 12.1. The molecule has 0 aromatic heterocycles. The number of hydrogen-bond donors (Lipinski definition) is 0. The molecule has 23 heavy (non-hydrogen) atoms. The van der Waals surface area contributed by atoms with Crippen LogP contribution in [-0.4, -0.2) is 24.1 Å². The molecular weight excluding hydrogens is 292 g/mol. The SMILES string of the molecule is O=C(O[C@H]1CCC[C@@H]1OC(=O)c1ccccc1)c1ccccc1. The summed E-state index contributed by atoms with van der Waals surface area (Å²) in [5.74, 6) is -0.753. The van der Waals surface area contributed by atoms with Crippen molar-refractivity contribution in [2.45, 2.75) is 31.5 Å². The van der Waals surface area contributed by atoms with Crippen LogP contribution in [0.2, 0.25) is 0 Å². The van der Waals surface area contributed by atoms with Gasteiger partial charge in [0.2, 0.25) is 0 Å². The molecular formula is C19H18O4. The van der Waals surface area contributed by atoms with Gasteiger partial charge in [-0.05, 0) is 43.5 Å². The Bertz CT molecular complexity index is 607. The number of hydrogen-bond acceptors (Lipinski definition) is 4. The van der Waals surface area contributed by atoms with Crippen LogP contribution in [0.3, 0.4) is 0 Å². The topological polar surface area (TPSA) is 52.6 Å². The van der Waals surface area contributed by atoms with Crippen molar-refractivity contribution >= 4 is 11.9 Å². The van der Waals surface area contributed by atoms with Crippen LogP contribution in [0.1, 0.15) is 40.0 Å². The third kappa shape index (κ3) is 3.77. The summed E-state index contributed by atoms with van der Waals surface area (Å²) in [5, 5.41) is 0. The summed E-state index contributed by atoms with van der Waals surface area (Å²) in [5.41, 5.74) is 1.01. The van der Waals surface area contributed by atoms with E-state index in [1.165, 1.54) is 0 Å². The molecule has 4 nitrogen and oxygen atoms in total. The second-order valence-electron chi connectivity index (χ2n) is 5.55. The Morgan fingerprint density at radius 2 is 1.09 bits per heavy atom. The van der Waals surface area contributed by atoms with Gasteiger partial charge in [0.25, 0.3) is 0 Å². The minimum absolute atomic E-state index is 0.377. The summed E-state index contributed by atoms with van der Waals surface area (Å²) in [7, 11) is 0. The quantitative estimate of drug-likeness (QED) is 0.809. The van der Waals surface area contributed by atoms with Gasteiger partial charge in [-0.2, -0.15) is 0 Å². The molecule has 0 amide bonds. The lowest BCUT2D eigenvalue weighted by molar-refractivity contribution is -0.0239. The third-order valence-electron chi connectivity index (χ3n) is 3.93. The smallest absolute Gasteiger partial charge is 0.338 e. The third-order valence-corrected chi connectivity index (χ3v) is 3.93. The number of ether oxygens (including phenoxy) is 2. The van der Waals surface area contributed by atoms with Gasteiger partial charge < -0.3 is 9.47 Å². The highest BCUT2D eigenvalue weighted by Gasteiger charge is 2.34. The first-order valence-corrected chi connectivity index (χ1v) is 7.76. The molecule has 0 radical (unpaired) electrons. The number of carbonyl (C=O) groups is 2. The van der Waals surface area contributed by atoms with E-state index in [4.69, 9.17) is 9.47 Å². The van der Waals surface area contributed by atoms with Crippen molar-refractivity contribution in [3.05, 3.63) is 71.8 Å². The van der Waals surface area contributed by atoms with Crippen LogP contribution in [-0.2, 0) is 9.47 Å². The maximum Gasteiger partial charge on any atom is 0.338 e. The highest BCUT2D eigenvalue weighted by molar-refractivity contribution is 5.90. The van der Waals surface area contributed by atoms with Crippen LogP contribution in [0.15, 0.2) is 60.7 Å². The van der Waals surface area contributed by atoms with Crippen molar-refractivity contribution in [1.82, 2.24) is 0 Å². The zero-order valence-corrected chi connectivity index (χ0v) is 12.7. The Hall–Kier alpha value is -2.62. The molecule has 0 saturated heterocycles. The lowest BCUT2D eigenvalue weighted by atomic mass is 10.2. The van der Waals surface area contributed by atoms with E-state index in [9.17, 15) is 9.59 Å². The summed E-state index contributed by atoms with van der Waals surface area (Å²) in [6, 6.07) is 17.7. The largest absolute Gasteiger partial charge is 0.455 e. The van der Waals surface area contributed by atoms with Crippen molar-refractivity contribution in [3.63, 3.8) is 0 Å². The lowest BCUT2D eigenvalue weighted by Gasteiger charge is -2.20. The zero-order valence-electron chi connectivity index (χ0n) is 12.7. The fourth-order valence-electron chi connectivity index (χ4n) is 2.72. The van der Waals surface area contributed by atoms with Gasteiger partial charge in [-0.15, -0.1) is 0 Å². The molecule has 1 fully saturated rings. The summed E-state index contributed by atoms with van der Waals surface area (Å²) in [6.07, 6.45) is 1.54. The van der Waals surface area contributed by atoms with E-state index in [-0.39, 0.29) is 24.1 Å². The molecule has 2 atom stereocenters. The molecule has 0 spiro atoms. The predicted molar refractivity (Wildman–Crippen MR) is 85.1 cm³/mol. The van der Waals surface area contributed by atoms with Gasteiger partial charge in [0.05, 0.1) is 11.1 Å². The maximum absolute atomic E-state index is 12.1. The first kappa shape index (κ1) is 15.3. The summed E-state index contributed by atoms with van der Waals surface area (Å²) >= 11 is 0. The molecule has 3 rings (SSSR count). The van der Waals surface area contributed by atoms with E-state index < -0.39 is 0 Å². The molecule has 118 valence electrons. The lowest BCUT2D eigenvalue weighted by Crippen LogP contribution is -2.30. The van der Waals surface area contributed by atoms with Gasteiger partial charge >= 0.3 is 11.9 Å². The van der Waals surface area contributed by atoms with E-state index in [0.29, 0.717) is 24.0 Å². The van der Waals surface area contributed by atoms with Crippen molar-refractivity contribution in [2.75, 3.05) is 0 Å². The molecule has 2 aromatic carbocycles. The van der Waals surface area contributed by atoms with Crippen molar-refractivity contribution < 1.29 is 19.1 Å². The molecule has 0 unspecified atom stereocenters. The molecule has 0 aliphatic heterocycles. The minimum Gasteiger partial charge on any atom is -0.455 e. The summed E-state index contributed by atoms with van der Waals surface area (Å²) in [6.45, 7) is 0. The molecule has 0 bridgehead atoms. The van der Waals surface area contributed by atoms with E-state index in [2.05, 4.69) is 0 Å². The molecule has 2 aromatic rings. The van der Waals surface area contributed by atoms with E-state index >= 15 is 0 Å². The molecule has 0 N–H and O–H groups in total. The monoisotopic (exact) mass is 310 g/mol. The Morgan fingerprint density at radius 3 is 1.48 bits per heavy atom. The molecule has 1 aliphatic carbocycles. The number of rotatable bonds is 4. The van der Waals surface area contributed by atoms with E-state index in [1.54, 1.807) is 48.5 Å². The molecule has 0 heterocycles. The number of carbonyl (C=O) groups excluding carboxylic acids is 2. The Labute approximate surface area is 135 Å². The standard InChI is InChI=1S/C19H18O4/c20-18(14-8-3-1-4-9-14)22-16-12-7-13-17(16)23-19(21)15-10-5-2-6-11-15/h1-6,8-11,16-17H,7,12-13H2/t16-,17-/m0/s1. The van der Waals surface area contributed by atoms with Gasteiger partial charge in [-0.25, -0.2) is 9.59 Å². The predicted octanol–water partition coefficient (Wildman–Crippen LogP) is 3.62. The fourth-order valence-corrected chi connectivity index (χ4v) is 2.72. The second kappa shape index (κ2) is 7.09. The average molecular weight is 310 g/mol. The van der Waals surface area contributed by atoms with Crippen LogP contribution in [0.25, 0.3) is 0 Å². The van der Waals surface area contributed by atoms with Crippen molar-refractivity contribution in [1.29, 1.82) is 0 Å². The van der Waals surface area contributed by atoms with Gasteiger partial charge in [0.1, 0.15) is 12.2 Å². The first-order valence-electron chi connectivity index (χ1n) is 7.76. The van der Waals surface area contributed by atoms with E-state index in [0.717, 1.165) is 6.42 Å². The van der Waals surface area contributed by atoms with Gasteiger partial charge in [-0.1, -0.05) is 36.4 Å². The fraction of sp³-hybridized carbons (Fsp3) is 0.263. The van der Waals surface area contributed by atoms with Gasteiger partial charge in [0.15, 0.2) is 0 Å². The molecule has 4 heteroatoms. The Balaban J connectivity index is 1.62. The van der Waals surface area contributed by atoms with Crippen molar-refractivity contribution in [2.24, 2.45) is 0 Å². The van der Waals surface area contributed by atoms with Crippen molar-refractivity contribution in [3.8, 4) is 0 Å². The van der Waals surface area contributed by atoms with Crippen LogP contribution in [0, 0.1) is 0 Å². The molecule has 1 aliphatic rings. The highest BCUT2D eigenvalue weighted by atomic mass is 16.6. The number of esters is 2. The van der Waals surface area contributed by atoms with Gasteiger partial charge in [-0.3, -0.25) is 0 Å². The van der Waals surface area contributed by atoms with Crippen LogP contribution < -0.4 is 0 Å². The number of benzene rings is 2. The second-order valence-corrected chi connectivity index (χ2v) is 5.55. The zero-order chi connectivity index (χ0) is 16.1.